The van der Waals surface area contributed by atoms with Gasteiger partial charge in [0.2, 0.25) is 5.75 Å². The Balaban J connectivity index is 2.88. The molecular formula is C21H20O9. The number of aromatic hydroxyl groups is 1. The first-order valence-electron chi connectivity index (χ1n) is 8.30. The number of carbonyl (C=O) groups is 4. The van der Waals surface area contributed by atoms with Crippen molar-refractivity contribution in [3.8, 4) is 17.2 Å². The van der Waals surface area contributed by atoms with E-state index < -0.39 is 42.8 Å². The molecule has 9 heteroatoms. The average molecular weight is 416 g/mol. The number of ether oxygens (including phenoxy) is 4. The van der Waals surface area contributed by atoms with E-state index in [0.717, 1.165) is 12.2 Å². The maximum Gasteiger partial charge on any atom is 0.342 e. The van der Waals surface area contributed by atoms with Gasteiger partial charge in [0, 0.05) is 12.2 Å². The van der Waals surface area contributed by atoms with Crippen molar-refractivity contribution in [1.29, 1.82) is 0 Å². The van der Waals surface area contributed by atoms with Gasteiger partial charge in [-0.05, 0) is 24.6 Å². The summed E-state index contributed by atoms with van der Waals surface area (Å²) < 4.78 is 19.4. The first-order chi connectivity index (χ1) is 14.1. The van der Waals surface area contributed by atoms with E-state index in [1.165, 1.54) is 12.1 Å². The second-order valence-electron chi connectivity index (χ2n) is 5.72. The van der Waals surface area contributed by atoms with E-state index in [1.54, 1.807) is 6.92 Å². The van der Waals surface area contributed by atoms with Gasteiger partial charge < -0.3 is 24.1 Å². The summed E-state index contributed by atoms with van der Waals surface area (Å²) in [6.07, 6.45) is 1.83. The van der Waals surface area contributed by atoms with E-state index in [-0.39, 0.29) is 22.6 Å². The molecule has 0 aromatic heterocycles. The van der Waals surface area contributed by atoms with Crippen LogP contribution in [0.1, 0.15) is 5.56 Å². The second kappa shape index (κ2) is 11.0. The maximum atomic E-state index is 12.1. The van der Waals surface area contributed by atoms with Gasteiger partial charge in [0.25, 0.3) is 0 Å². The molecule has 0 bridgehead atoms. The monoisotopic (exact) mass is 416 g/mol. The first-order valence-corrected chi connectivity index (χ1v) is 8.30. The molecule has 0 saturated heterocycles. The summed E-state index contributed by atoms with van der Waals surface area (Å²) in [4.78, 5) is 46.2. The van der Waals surface area contributed by atoms with Gasteiger partial charge in [0.05, 0.1) is 11.1 Å². The highest BCUT2D eigenvalue weighted by Crippen LogP contribution is 2.38. The van der Waals surface area contributed by atoms with Crippen molar-refractivity contribution in [2.75, 3.05) is 13.2 Å². The van der Waals surface area contributed by atoms with Gasteiger partial charge in [-0.1, -0.05) is 26.3 Å². The van der Waals surface area contributed by atoms with E-state index in [9.17, 15) is 24.3 Å². The minimum absolute atomic E-state index is 0.206. The Hall–Kier alpha value is -4.14. The number of phenols is 1. The van der Waals surface area contributed by atoms with Crippen molar-refractivity contribution >= 4 is 23.9 Å². The molecule has 1 N–H and O–H groups in total. The Morgan fingerprint density at radius 3 is 1.57 bits per heavy atom. The van der Waals surface area contributed by atoms with Crippen LogP contribution in [-0.4, -0.2) is 42.2 Å². The van der Waals surface area contributed by atoms with Gasteiger partial charge in [0.15, 0.2) is 11.5 Å². The fraction of sp³-hybridized carbons (Fsp3) is 0.143. The van der Waals surface area contributed by atoms with Gasteiger partial charge in [-0.3, -0.25) is 0 Å². The molecule has 158 valence electrons. The third-order valence-corrected chi connectivity index (χ3v) is 3.28. The largest absolute Gasteiger partial charge is 0.502 e. The third kappa shape index (κ3) is 7.12. The van der Waals surface area contributed by atoms with Crippen LogP contribution in [0.2, 0.25) is 0 Å². The molecule has 0 fully saturated rings. The molecule has 0 unspecified atom stereocenters. The normalized spacial score (nSPS) is 9.63. The zero-order chi connectivity index (χ0) is 22.8. The molecule has 0 aliphatic heterocycles. The summed E-state index contributed by atoms with van der Waals surface area (Å²) in [5.74, 6) is -4.75. The lowest BCUT2D eigenvalue weighted by atomic mass is 10.2. The van der Waals surface area contributed by atoms with Crippen LogP contribution in [0.15, 0.2) is 61.7 Å². The Morgan fingerprint density at radius 1 is 0.867 bits per heavy atom. The maximum absolute atomic E-state index is 12.1. The van der Waals surface area contributed by atoms with Gasteiger partial charge in [0.1, 0.15) is 13.2 Å². The number of hydrogen-bond donors (Lipinski definition) is 1. The second-order valence-corrected chi connectivity index (χ2v) is 5.72. The number of rotatable bonds is 10. The van der Waals surface area contributed by atoms with E-state index in [4.69, 9.17) is 9.47 Å². The number of phenolic OH excluding ortho intramolecular Hbond substituents is 1. The number of esters is 4. The molecule has 0 aliphatic carbocycles. The van der Waals surface area contributed by atoms with Crippen LogP contribution in [0.5, 0.6) is 17.2 Å². The Kier molecular flexibility index (Phi) is 8.77. The summed E-state index contributed by atoms with van der Waals surface area (Å²) >= 11 is 0. The van der Waals surface area contributed by atoms with E-state index in [2.05, 4.69) is 35.8 Å². The molecule has 1 aromatic carbocycles. The molecule has 0 amide bonds. The lowest BCUT2D eigenvalue weighted by Gasteiger charge is -2.13. The summed E-state index contributed by atoms with van der Waals surface area (Å²) in [6.45, 7) is 14.0. The zero-order valence-electron chi connectivity index (χ0n) is 16.3. The lowest BCUT2D eigenvalue weighted by molar-refractivity contribution is -0.139. The fourth-order valence-corrected chi connectivity index (χ4v) is 1.77. The molecule has 0 radical (unpaired) electrons. The highest BCUT2D eigenvalue weighted by atomic mass is 16.6. The Labute approximate surface area is 172 Å². The van der Waals surface area contributed by atoms with Crippen molar-refractivity contribution < 1.29 is 43.2 Å². The van der Waals surface area contributed by atoms with Crippen LogP contribution in [0.3, 0.4) is 0 Å². The van der Waals surface area contributed by atoms with E-state index in [1.807, 2.05) is 0 Å². The molecule has 30 heavy (non-hydrogen) atoms. The highest BCUT2D eigenvalue weighted by molar-refractivity contribution is 5.92. The summed E-state index contributed by atoms with van der Waals surface area (Å²) in [6, 6.07) is 2.63. The van der Waals surface area contributed by atoms with Crippen LogP contribution >= 0.6 is 0 Å². The minimum atomic E-state index is -0.981. The standard InChI is InChI=1S/C21H20O9/c1-6-17(22)27-10-13(4)20(25)29-15-8-12(3)9-16(19(15)24)30-21(26)14(5)11-28-18(23)7-2/h6-9,24H,1-2,4-5,10-11H2,3H3. The summed E-state index contributed by atoms with van der Waals surface area (Å²) in [5.41, 5.74) is 0.0647. The molecule has 0 heterocycles. The molecule has 1 aromatic rings. The van der Waals surface area contributed by atoms with Crippen molar-refractivity contribution in [3.05, 3.63) is 67.3 Å². The van der Waals surface area contributed by atoms with Crippen LogP contribution in [0, 0.1) is 6.92 Å². The van der Waals surface area contributed by atoms with Crippen molar-refractivity contribution in [2.24, 2.45) is 0 Å². The van der Waals surface area contributed by atoms with Crippen molar-refractivity contribution in [1.82, 2.24) is 0 Å². The van der Waals surface area contributed by atoms with Crippen LogP contribution in [0.25, 0.3) is 0 Å². The van der Waals surface area contributed by atoms with Crippen LogP contribution < -0.4 is 9.47 Å². The number of benzene rings is 1. The predicted octanol–water partition coefficient (Wildman–Crippen LogP) is 2.08. The molecule has 0 aliphatic rings. The molecule has 0 atom stereocenters. The van der Waals surface area contributed by atoms with Gasteiger partial charge in [-0.2, -0.15) is 0 Å². The van der Waals surface area contributed by atoms with E-state index >= 15 is 0 Å². The van der Waals surface area contributed by atoms with Gasteiger partial charge in [-0.25, -0.2) is 19.2 Å². The first kappa shape index (κ1) is 23.9. The van der Waals surface area contributed by atoms with Crippen LogP contribution in [-0.2, 0) is 28.7 Å². The number of aryl methyl sites for hydroxylation is 1. The van der Waals surface area contributed by atoms with Crippen molar-refractivity contribution in [3.63, 3.8) is 0 Å². The average Bonchev–Trinajstić information content (AvgIpc) is 2.72. The number of hydrogen-bond acceptors (Lipinski definition) is 9. The molecule has 1 rings (SSSR count). The predicted molar refractivity (Wildman–Crippen MR) is 105 cm³/mol. The third-order valence-electron chi connectivity index (χ3n) is 3.28. The topological polar surface area (TPSA) is 125 Å². The summed E-state index contributed by atoms with van der Waals surface area (Å²) in [5, 5.41) is 10.3. The molecule has 0 spiro atoms. The van der Waals surface area contributed by atoms with Gasteiger partial charge >= 0.3 is 23.9 Å². The molecule has 0 saturated carbocycles. The zero-order valence-corrected chi connectivity index (χ0v) is 16.3. The Morgan fingerprint density at radius 2 is 1.23 bits per heavy atom. The highest BCUT2D eigenvalue weighted by Gasteiger charge is 2.20. The SMILES string of the molecule is C=CC(=O)OCC(=C)C(=O)Oc1cc(C)cc(OC(=O)C(=C)COC(=O)C=C)c1O. The van der Waals surface area contributed by atoms with E-state index in [0.29, 0.717) is 5.56 Å². The minimum Gasteiger partial charge on any atom is -0.502 e. The lowest BCUT2D eigenvalue weighted by Crippen LogP contribution is -2.17. The summed E-state index contributed by atoms with van der Waals surface area (Å²) in [7, 11) is 0. The Bertz CT molecular complexity index is 853. The van der Waals surface area contributed by atoms with Gasteiger partial charge in [-0.15, -0.1) is 0 Å². The quantitative estimate of drug-likeness (QED) is 0.347. The number of carbonyl (C=O) groups excluding carboxylic acids is 4. The molecule has 9 nitrogen and oxygen atoms in total. The fourth-order valence-electron chi connectivity index (χ4n) is 1.77. The van der Waals surface area contributed by atoms with Crippen molar-refractivity contribution in [2.45, 2.75) is 6.92 Å². The smallest absolute Gasteiger partial charge is 0.342 e. The molecular weight excluding hydrogens is 396 g/mol. The van der Waals surface area contributed by atoms with Crippen LogP contribution in [0.4, 0.5) is 0 Å².